The minimum absolute atomic E-state index is 0.0309. The van der Waals surface area contributed by atoms with E-state index in [0.717, 1.165) is 0 Å². The Morgan fingerprint density at radius 2 is 1.65 bits per heavy atom. The summed E-state index contributed by atoms with van der Waals surface area (Å²) in [4.78, 5) is 15.7. The Bertz CT molecular complexity index is 900. The number of carbonyl (C=O) groups is 1. The third-order valence-corrected chi connectivity index (χ3v) is 3.39. The minimum atomic E-state index is -3.25. The number of ether oxygens (including phenoxy) is 2. The molecule has 3 aromatic rings. The second-order valence-electron chi connectivity index (χ2n) is 5.43. The van der Waals surface area contributed by atoms with Gasteiger partial charge in [0.25, 0.3) is 5.89 Å². The van der Waals surface area contributed by atoms with Gasteiger partial charge in [0.15, 0.2) is 0 Å². The number of hydrogen-bond acceptors (Lipinski definition) is 6. The van der Waals surface area contributed by atoms with Gasteiger partial charge in [-0.25, -0.2) is 4.79 Å². The van der Waals surface area contributed by atoms with E-state index in [1.165, 1.54) is 19.2 Å². The molecular formula is C18H14F2N2O4. The van der Waals surface area contributed by atoms with Crippen molar-refractivity contribution in [3.63, 3.8) is 0 Å². The molecule has 0 aliphatic rings. The van der Waals surface area contributed by atoms with E-state index in [9.17, 15) is 13.6 Å². The Balaban J connectivity index is 1.78. The van der Waals surface area contributed by atoms with Crippen LogP contribution in [0, 0.1) is 0 Å². The summed E-state index contributed by atoms with van der Waals surface area (Å²) in [6.45, 7) is 0.665. The van der Waals surface area contributed by atoms with Crippen molar-refractivity contribution in [3.8, 4) is 28.6 Å². The van der Waals surface area contributed by atoms with Gasteiger partial charge in [0, 0.05) is 18.1 Å². The van der Waals surface area contributed by atoms with Gasteiger partial charge in [-0.05, 0) is 48.5 Å². The highest BCUT2D eigenvalue weighted by molar-refractivity contribution is 5.89. The van der Waals surface area contributed by atoms with E-state index in [-0.39, 0.29) is 11.6 Å². The molecule has 0 unspecified atom stereocenters. The molecule has 1 aromatic heterocycles. The molecule has 1 heterocycles. The molecule has 134 valence electrons. The van der Waals surface area contributed by atoms with Gasteiger partial charge in [-0.1, -0.05) is 5.16 Å². The van der Waals surface area contributed by atoms with Crippen LogP contribution in [-0.2, 0) is 4.74 Å². The highest BCUT2D eigenvalue weighted by Crippen LogP contribution is 2.26. The lowest BCUT2D eigenvalue weighted by molar-refractivity contribution is -0.158. The van der Waals surface area contributed by atoms with Gasteiger partial charge in [-0.15, -0.1) is 0 Å². The SMILES string of the molecule is COC(=O)c1ccc(-c2nc(-c3ccc(OC(C)(F)F)cc3)no2)cc1. The monoisotopic (exact) mass is 360 g/mol. The third-order valence-electron chi connectivity index (χ3n) is 3.39. The van der Waals surface area contributed by atoms with E-state index < -0.39 is 12.1 Å². The van der Waals surface area contributed by atoms with Gasteiger partial charge in [0.1, 0.15) is 5.75 Å². The maximum Gasteiger partial charge on any atom is 0.394 e. The predicted molar refractivity (Wildman–Crippen MR) is 87.8 cm³/mol. The first-order valence-corrected chi connectivity index (χ1v) is 7.55. The minimum Gasteiger partial charge on any atom is -0.465 e. The molecule has 0 radical (unpaired) electrons. The zero-order valence-corrected chi connectivity index (χ0v) is 13.9. The van der Waals surface area contributed by atoms with Crippen LogP contribution < -0.4 is 4.74 Å². The average molecular weight is 360 g/mol. The Kier molecular flexibility index (Phi) is 4.66. The summed E-state index contributed by atoms with van der Waals surface area (Å²) in [6, 6.07) is 12.4. The highest BCUT2D eigenvalue weighted by Gasteiger charge is 2.23. The van der Waals surface area contributed by atoms with Crippen LogP contribution in [0.1, 0.15) is 17.3 Å². The van der Waals surface area contributed by atoms with E-state index in [1.807, 2.05) is 0 Å². The van der Waals surface area contributed by atoms with Crippen LogP contribution in [0.3, 0.4) is 0 Å². The maximum absolute atomic E-state index is 12.8. The number of hydrogen-bond donors (Lipinski definition) is 0. The number of halogens is 2. The summed E-state index contributed by atoms with van der Waals surface area (Å²) in [5.41, 5.74) is 1.61. The van der Waals surface area contributed by atoms with Crippen molar-refractivity contribution in [1.82, 2.24) is 10.1 Å². The molecule has 0 saturated heterocycles. The number of aromatic nitrogens is 2. The fourth-order valence-corrected chi connectivity index (χ4v) is 2.20. The van der Waals surface area contributed by atoms with Crippen molar-refractivity contribution >= 4 is 5.97 Å². The number of rotatable bonds is 5. The number of nitrogens with zero attached hydrogens (tertiary/aromatic N) is 2. The average Bonchev–Trinajstić information content (AvgIpc) is 3.10. The lowest BCUT2D eigenvalue weighted by atomic mass is 10.1. The first-order valence-electron chi connectivity index (χ1n) is 7.55. The van der Waals surface area contributed by atoms with E-state index >= 15 is 0 Å². The molecule has 0 fully saturated rings. The molecule has 0 amide bonds. The molecule has 2 aromatic carbocycles. The molecule has 6 nitrogen and oxygen atoms in total. The van der Waals surface area contributed by atoms with Crippen molar-refractivity contribution in [2.24, 2.45) is 0 Å². The first-order chi connectivity index (χ1) is 12.4. The Labute approximate surface area is 147 Å². The molecule has 0 spiro atoms. The van der Waals surface area contributed by atoms with E-state index in [0.29, 0.717) is 29.4 Å². The molecule has 26 heavy (non-hydrogen) atoms. The standard InChI is InChI=1S/C18H14F2N2O4/c1-18(19,20)25-14-9-7-11(8-10-14)15-21-16(26-22-15)12-3-5-13(6-4-12)17(23)24-2/h3-10H,1-2H3. The number of methoxy groups -OCH3 is 1. The molecule has 0 aliphatic carbocycles. The largest absolute Gasteiger partial charge is 0.465 e. The van der Waals surface area contributed by atoms with Crippen LogP contribution in [0.4, 0.5) is 8.78 Å². The van der Waals surface area contributed by atoms with Gasteiger partial charge in [0.2, 0.25) is 5.82 Å². The Morgan fingerprint density at radius 3 is 2.23 bits per heavy atom. The van der Waals surface area contributed by atoms with Crippen molar-refractivity contribution < 1.29 is 27.6 Å². The molecule has 0 saturated carbocycles. The van der Waals surface area contributed by atoms with E-state index in [2.05, 4.69) is 19.6 Å². The van der Waals surface area contributed by atoms with Crippen LogP contribution in [-0.4, -0.2) is 29.3 Å². The van der Waals surface area contributed by atoms with Crippen molar-refractivity contribution in [1.29, 1.82) is 0 Å². The first kappa shape index (κ1) is 17.5. The number of esters is 1. The molecule has 0 N–H and O–H groups in total. The number of carbonyl (C=O) groups excluding carboxylic acids is 1. The van der Waals surface area contributed by atoms with Crippen LogP contribution >= 0.6 is 0 Å². The van der Waals surface area contributed by atoms with Crippen molar-refractivity contribution in [3.05, 3.63) is 54.1 Å². The molecule has 0 aliphatic heterocycles. The highest BCUT2D eigenvalue weighted by atomic mass is 19.3. The van der Waals surface area contributed by atoms with Crippen molar-refractivity contribution in [2.45, 2.75) is 13.0 Å². The second-order valence-corrected chi connectivity index (χ2v) is 5.43. The number of alkyl halides is 2. The molecular weight excluding hydrogens is 346 g/mol. The van der Waals surface area contributed by atoms with Crippen LogP contribution in [0.25, 0.3) is 22.8 Å². The molecule has 0 bridgehead atoms. The summed E-state index contributed by atoms with van der Waals surface area (Å²) >= 11 is 0. The summed E-state index contributed by atoms with van der Waals surface area (Å²) < 4.78 is 40.0. The van der Waals surface area contributed by atoms with Crippen LogP contribution in [0.5, 0.6) is 5.75 Å². The summed E-state index contributed by atoms with van der Waals surface area (Å²) in [6.07, 6.45) is -3.25. The molecule has 3 rings (SSSR count). The third kappa shape index (κ3) is 4.02. The van der Waals surface area contributed by atoms with Gasteiger partial charge in [-0.2, -0.15) is 13.8 Å². The molecule has 0 atom stereocenters. The van der Waals surface area contributed by atoms with Gasteiger partial charge in [0.05, 0.1) is 12.7 Å². The molecule has 8 heteroatoms. The summed E-state index contributed by atoms with van der Waals surface area (Å²) in [7, 11) is 1.30. The van der Waals surface area contributed by atoms with Gasteiger partial charge >= 0.3 is 12.1 Å². The quantitative estimate of drug-likeness (QED) is 0.636. The fourth-order valence-electron chi connectivity index (χ4n) is 2.20. The zero-order valence-electron chi connectivity index (χ0n) is 13.9. The Hall–Kier alpha value is -3.29. The smallest absolute Gasteiger partial charge is 0.394 e. The van der Waals surface area contributed by atoms with E-state index in [1.54, 1.807) is 36.4 Å². The zero-order chi connectivity index (χ0) is 18.7. The lowest BCUT2D eigenvalue weighted by Crippen LogP contribution is -2.18. The Morgan fingerprint density at radius 1 is 1.04 bits per heavy atom. The topological polar surface area (TPSA) is 74.5 Å². The normalized spacial score (nSPS) is 11.2. The summed E-state index contributed by atoms with van der Waals surface area (Å²) in [5.74, 6) is 0.148. The van der Waals surface area contributed by atoms with Crippen LogP contribution in [0.15, 0.2) is 53.1 Å². The predicted octanol–water partition coefficient (Wildman–Crippen LogP) is 4.18. The lowest BCUT2D eigenvalue weighted by Gasteiger charge is -2.12. The fraction of sp³-hybridized carbons (Fsp3) is 0.167. The van der Waals surface area contributed by atoms with Crippen LogP contribution in [0.2, 0.25) is 0 Å². The van der Waals surface area contributed by atoms with Crippen molar-refractivity contribution in [2.75, 3.05) is 7.11 Å². The van der Waals surface area contributed by atoms with E-state index in [4.69, 9.17) is 4.52 Å². The van der Waals surface area contributed by atoms with Gasteiger partial charge < -0.3 is 14.0 Å². The summed E-state index contributed by atoms with van der Waals surface area (Å²) in [5, 5.41) is 3.87. The van der Waals surface area contributed by atoms with Gasteiger partial charge in [-0.3, -0.25) is 0 Å². The second kappa shape index (κ2) is 6.91. The number of benzene rings is 2. The maximum atomic E-state index is 12.8.